The Kier molecular flexibility index (Phi) is 4.35. The molecule has 0 spiro atoms. The molecule has 2 aromatic rings. The molecule has 0 aromatic heterocycles. The fourth-order valence-electron chi connectivity index (χ4n) is 1.84. The zero-order valence-electron chi connectivity index (χ0n) is 11.3. The van der Waals surface area contributed by atoms with Gasteiger partial charge in [0, 0.05) is 12.0 Å². The second kappa shape index (κ2) is 6.19. The summed E-state index contributed by atoms with van der Waals surface area (Å²) in [5.41, 5.74) is 3.12. The third-order valence-electron chi connectivity index (χ3n) is 3.17. The molecule has 0 heterocycles. The molecular weight excluding hydrogens is 236 g/mol. The summed E-state index contributed by atoms with van der Waals surface area (Å²) in [6.45, 7) is 4.48. The van der Waals surface area contributed by atoms with Crippen molar-refractivity contribution in [1.29, 1.82) is 0 Å². The lowest BCUT2D eigenvalue weighted by Gasteiger charge is -2.07. The minimum atomic E-state index is 0.124. The fraction of sp³-hybridized carbons (Fsp3) is 0.235. The van der Waals surface area contributed by atoms with Crippen LogP contribution in [0.2, 0.25) is 0 Å². The van der Waals surface area contributed by atoms with Crippen LogP contribution in [0, 0.1) is 13.8 Å². The summed E-state index contributed by atoms with van der Waals surface area (Å²) < 4.78 is 5.53. The van der Waals surface area contributed by atoms with Crippen LogP contribution in [0.4, 0.5) is 0 Å². The van der Waals surface area contributed by atoms with Crippen LogP contribution < -0.4 is 4.74 Å². The molecule has 0 aliphatic carbocycles. The second-order valence-electron chi connectivity index (χ2n) is 4.63. The topological polar surface area (TPSA) is 26.3 Å². The van der Waals surface area contributed by atoms with Gasteiger partial charge in [-0.25, -0.2) is 0 Å². The smallest absolute Gasteiger partial charge is 0.166 e. The predicted octanol–water partition coefficient (Wildman–Crippen LogP) is 3.96. The number of benzene rings is 2. The Morgan fingerprint density at radius 1 is 1.00 bits per heavy atom. The summed E-state index contributed by atoms with van der Waals surface area (Å²) in [4.78, 5) is 12.0. The van der Waals surface area contributed by atoms with E-state index in [2.05, 4.69) is 0 Å². The van der Waals surface area contributed by atoms with Crippen LogP contribution in [0.25, 0.3) is 0 Å². The van der Waals surface area contributed by atoms with Gasteiger partial charge in [0.25, 0.3) is 0 Å². The number of carbonyl (C=O) groups is 1. The van der Waals surface area contributed by atoms with Gasteiger partial charge in [0.1, 0.15) is 5.75 Å². The summed E-state index contributed by atoms with van der Waals surface area (Å²) in [7, 11) is 0. The molecule has 0 radical (unpaired) electrons. The Morgan fingerprint density at radius 3 is 2.42 bits per heavy atom. The zero-order chi connectivity index (χ0) is 13.7. The van der Waals surface area contributed by atoms with Gasteiger partial charge < -0.3 is 4.74 Å². The van der Waals surface area contributed by atoms with Crippen LogP contribution in [0.15, 0.2) is 48.5 Å². The van der Waals surface area contributed by atoms with Gasteiger partial charge in [0.2, 0.25) is 0 Å². The molecule has 0 amide bonds. The Bertz CT molecular complexity index is 559. The van der Waals surface area contributed by atoms with Gasteiger partial charge in [-0.2, -0.15) is 0 Å². The molecule has 2 aromatic carbocycles. The van der Waals surface area contributed by atoms with Crippen molar-refractivity contribution in [2.75, 3.05) is 6.61 Å². The molecule has 0 aliphatic heterocycles. The molecule has 98 valence electrons. The lowest BCUT2D eigenvalue weighted by Crippen LogP contribution is -2.07. The Balaban J connectivity index is 1.89. The average Bonchev–Trinajstić information content (AvgIpc) is 2.43. The molecule has 0 saturated heterocycles. The summed E-state index contributed by atoms with van der Waals surface area (Å²) in [5.74, 6) is 0.925. The molecule has 0 aliphatic rings. The third-order valence-corrected chi connectivity index (χ3v) is 3.17. The van der Waals surface area contributed by atoms with Crippen LogP contribution >= 0.6 is 0 Å². The molecule has 2 rings (SSSR count). The summed E-state index contributed by atoms with van der Waals surface area (Å²) in [6.07, 6.45) is 0.400. The molecule has 19 heavy (non-hydrogen) atoms. The van der Waals surface area contributed by atoms with Crippen molar-refractivity contribution in [2.24, 2.45) is 0 Å². The largest absolute Gasteiger partial charge is 0.493 e. The van der Waals surface area contributed by atoms with Crippen LogP contribution in [-0.4, -0.2) is 12.4 Å². The number of hydrogen-bond acceptors (Lipinski definition) is 2. The van der Waals surface area contributed by atoms with Gasteiger partial charge in [-0.1, -0.05) is 30.3 Å². The van der Waals surface area contributed by atoms with E-state index in [1.54, 1.807) is 0 Å². The van der Waals surface area contributed by atoms with Gasteiger partial charge in [-0.15, -0.1) is 0 Å². The number of ether oxygens (including phenoxy) is 1. The average molecular weight is 254 g/mol. The van der Waals surface area contributed by atoms with Gasteiger partial charge in [0.15, 0.2) is 5.78 Å². The Labute approximate surface area is 114 Å². The summed E-state index contributed by atoms with van der Waals surface area (Å²) >= 11 is 0. The van der Waals surface area contributed by atoms with Crippen molar-refractivity contribution in [3.05, 3.63) is 65.2 Å². The van der Waals surface area contributed by atoms with Crippen molar-refractivity contribution in [3.8, 4) is 5.75 Å². The molecule has 0 fully saturated rings. The molecule has 0 bridgehead atoms. The SMILES string of the molecule is Cc1ccc(C(=O)CCOc2ccccc2)cc1C. The van der Waals surface area contributed by atoms with Gasteiger partial charge in [-0.05, 0) is 43.2 Å². The van der Waals surface area contributed by atoms with E-state index in [0.717, 1.165) is 16.9 Å². The maximum Gasteiger partial charge on any atom is 0.166 e. The van der Waals surface area contributed by atoms with Gasteiger partial charge >= 0.3 is 0 Å². The minimum absolute atomic E-state index is 0.124. The van der Waals surface area contributed by atoms with E-state index in [4.69, 9.17) is 4.74 Å². The maximum atomic E-state index is 12.0. The first-order chi connectivity index (χ1) is 9.16. The van der Waals surface area contributed by atoms with Gasteiger partial charge in [0.05, 0.1) is 6.61 Å². The zero-order valence-corrected chi connectivity index (χ0v) is 11.3. The van der Waals surface area contributed by atoms with E-state index in [1.807, 2.05) is 62.4 Å². The third kappa shape index (κ3) is 3.68. The number of para-hydroxylation sites is 1. The summed E-state index contributed by atoms with van der Waals surface area (Å²) in [6, 6.07) is 15.4. The van der Waals surface area contributed by atoms with Crippen LogP contribution in [0.3, 0.4) is 0 Å². The first-order valence-corrected chi connectivity index (χ1v) is 6.45. The number of carbonyl (C=O) groups excluding carboxylic acids is 1. The Hall–Kier alpha value is -2.09. The number of aryl methyl sites for hydroxylation is 2. The second-order valence-corrected chi connectivity index (χ2v) is 4.63. The van der Waals surface area contributed by atoms with Crippen molar-refractivity contribution < 1.29 is 9.53 Å². The first-order valence-electron chi connectivity index (χ1n) is 6.45. The van der Waals surface area contributed by atoms with E-state index in [-0.39, 0.29) is 5.78 Å². The Morgan fingerprint density at radius 2 is 1.74 bits per heavy atom. The molecule has 0 saturated carbocycles. The van der Waals surface area contributed by atoms with E-state index in [0.29, 0.717) is 13.0 Å². The van der Waals surface area contributed by atoms with Crippen LogP contribution in [-0.2, 0) is 0 Å². The molecular formula is C17H18O2. The monoisotopic (exact) mass is 254 g/mol. The van der Waals surface area contributed by atoms with Crippen molar-refractivity contribution in [3.63, 3.8) is 0 Å². The van der Waals surface area contributed by atoms with E-state index >= 15 is 0 Å². The van der Waals surface area contributed by atoms with Crippen molar-refractivity contribution >= 4 is 5.78 Å². The van der Waals surface area contributed by atoms with Crippen molar-refractivity contribution in [1.82, 2.24) is 0 Å². The standard InChI is InChI=1S/C17H18O2/c1-13-8-9-15(12-14(13)2)17(18)10-11-19-16-6-4-3-5-7-16/h3-9,12H,10-11H2,1-2H3. The molecule has 2 heteroatoms. The van der Waals surface area contributed by atoms with E-state index in [9.17, 15) is 4.79 Å². The highest BCUT2D eigenvalue weighted by atomic mass is 16.5. The highest BCUT2D eigenvalue weighted by molar-refractivity contribution is 5.96. The highest BCUT2D eigenvalue weighted by Crippen LogP contribution is 2.13. The van der Waals surface area contributed by atoms with E-state index < -0.39 is 0 Å². The number of ketones is 1. The molecule has 0 unspecified atom stereocenters. The van der Waals surface area contributed by atoms with Crippen molar-refractivity contribution in [2.45, 2.75) is 20.3 Å². The number of rotatable bonds is 5. The normalized spacial score (nSPS) is 10.2. The lowest BCUT2D eigenvalue weighted by molar-refractivity contribution is 0.0962. The van der Waals surface area contributed by atoms with Crippen LogP contribution in [0.1, 0.15) is 27.9 Å². The molecule has 0 N–H and O–H groups in total. The minimum Gasteiger partial charge on any atom is -0.493 e. The maximum absolute atomic E-state index is 12.0. The highest BCUT2D eigenvalue weighted by Gasteiger charge is 2.07. The quantitative estimate of drug-likeness (QED) is 0.755. The fourth-order valence-corrected chi connectivity index (χ4v) is 1.84. The van der Waals surface area contributed by atoms with E-state index in [1.165, 1.54) is 5.56 Å². The predicted molar refractivity (Wildman–Crippen MR) is 76.8 cm³/mol. The van der Waals surface area contributed by atoms with Crippen LogP contribution in [0.5, 0.6) is 5.75 Å². The lowest BCUT2D eigenvalue weighted by atomic mass is 10.0. The number of hydrogen-bond donors (Lipinski definition) is 0. The van der Waals surface area contributed by atoms with Gasteiger partial charge in [-0.3, -0.25) is 4.79 Å². The molecule has 2 nitrogen and oxygen atoms in total. The first kappa shape index (κ1) is 13.3. The summed E-state index contributed by atoms with van der Waals surface area (Å²) in [5, 5.41) is 0. The molecule has 0 atom stereocenters. The number of Topliss-reactive ketones (excluding diaryl/α,β-unsaturated/α-hetero) is 1.